The van der Waals surface area contributed by atoms with Gasteiger partial charge in [-0.15, -0.1) is 0 Å². The lowest BCUT2D eigenvalue weighted by molar-refractivity contribution is -0.119. The molecular formula is C14H23N3O2. The third-order valence-electron chi connectivity index (χ3n) is 3.09. The number of ether oxygens (including phenoxy) is 1. The van der Waals surface area contributed by atoms with Crippen LogP contribution in [-0.2, 0) is 16.1 Å². The highest BCUT2D eigenvalue weighted by molar-refractivity contribution is 5.75. The second kappa shape index (κ2) is 7.76. The Labute approximate surface area is 114 Å². The Morgan fingerprint density at radius 2 is 2.00 bits per heavy atom. The summed E-state index contributed by atoms with van der Waals surface area (Å²) < 4.78 is 5.07. The predicted octanol–water partition coefficient (Wildman–Crippen LogP) is 0.981. The number of carbonyl (C=O) groups excluding carboxylic acids is 1. The van der Waals surface area contributed by atoms with Crippen molar-refractivity contribution in [2.45, 2.75) is 25.9 Å². The van der Waals surface area contributed by atoms with Crippen LogP contribution in [0.1, 0.15) is 18.9 Å². The summed E-state index contributed by atoms with van der Waals surface area (Å²) in [6.45, 7) is 3.65. The Balaban J connectivity index is 2.67. The SMILES string of the molecule is COCCC(C)N(CC(N)=O)Cc1ccc(N)cc1. The van der Waals surface area contributed by atoms with E-state index in [1.807, 2.05) is 29.2 Å². The van der Waals surface area contributed by atoms with Crippen molar-refractivity contribution < 1.29 is 9.53 Å². The summed E-state index contributed by atoms with van der Waals surface area (Å²) in [4.78, 5) is 13.2. The molecule has 0 heterocycles. The zero-order valence-corrected chi connectivity index (χ0v) is 11.6. The average Bonchev–Trinajstić information content (AvgIpc) is 2.37. The highest BCUT2D eigenvalue weighted by atomic mass is 16.5. The summed E-state index contributed by atoms with van der Waals surface area (Å²) in [7, 11) is 1.67. The summed E-state index contributed by atoms with van der Waals surface area (Å²) in [5, 5.41) is 0. The van der Waals surface area contributed by atoms with Gasteiger partial charge in [0.05, 0.1) is 6.54 Å². The number of methoxy groups -OCH3 is 1. The largest absolute Gasteiger partial charge is 0.399 e. The molecule has 19 heavy (non-hydrogen) atoms. The minimum absolute atomic E-state index is 0.227. The fourth-order valence-corrected chi connectivity index (χ4v) is 1.90. The van der Waals surface area contributed by atoms with Crippen LogP contribution >= 0.6 is 0 Å². The van der Waals surface area contributed by atoms with E-state index in [1.165, 1.54) is 0 Å². The number of anilines is 1. The maximum absolute atomic E-state index is 11.2. The van der Waals surface area contributed by atoms with Gasteiger partial charge in [-0.25, -0.2) is 0 Å². The molecule has 4 N–H and O–H groups in total. The molecule has 0 spiro atoms. The molecule has 0 aliphatic heterocycles. The van der Waals surface area contributed by atoms with Crippen LogP contribution in [0.15, 0.2) is 24.3 Å². The van der Waals surface area contributed by atoms with Gasteiger partial charge in [0, 0.05) is 32.0 Å². The van der Waals surface area contributed by atoms with E-state index in [2.05, 4.69) is 6.92 Å². The normalized spacial score (nSPS) is 12.6. The van der Waals surface area contributed by atoms with E-state index >= 15 is 0 Å². The van der Waals surface area contributed by atoms with E-state index < -0.39 is 0 Å². The first-order chi connectivity index (χ1) is 9.02. The van der Waals surface area contributed by atoms with Gasteiger partial charge in [0.25, 0.3) is 0 Å². The van der Waals surface area contributed by atoms with Crippen LogP contribution < -0.4 is 11.5 Å². The van der Waals surface area contributed by atoms with Crippen molar-refractivity contribution in [3.63, 3.8) is 0 Å². The molecule has 0 saturated carbocycles. The van der Waals surface area contributed by atoms with Crippen molar-refractivity contribution in [2.75, 3.05) is 26.0 Å². The van der Waals surface area contributed by atoms with Gasteiger partial charge in [-0.1, -0.05) is 12.1 Å². The number of amides is 1. The number of carbonyl (C=O) groups is 1. The molecule has 0 aliphatic rings. The quantitative estimate of drug-likeness (QED) is 0.687. The van der Waals surface area contributed by atoms with E-state index in [1.54, 1.807) is 7.11 Å². The summed E-state index contributed by atoms with van der Waals surface area (Å²) in [5.74, 6) is -0.320. The molecule has 106 valence electrons. The highest BCUT2D eigenvalue weighted by Crippen LogP contribution is 2.12. The van der Waals surface area contributed by atoms with E-state index in [9.17, 15) is 4.79 Å². The van der Waals surface area contributed by atoms with Crippen molar-refractivity contribution >= 4 is 11.6 Å². The second-order valence-electron chi connectivity index (χ2n) is 4.74. The minimum atomic E-state index is -0.320. The maximum Gasteiger partial charge on any atom is 0.231 e. The number of benzene rings is 1. The lowest BCUT2D eigenvalue weighted by Crippen LogP contribution is -2.39. The zero-order valence-electron chi connectivity index (χ0n) is 11.6. The Kier molecular flexibility index (Phi) is 6.32. The van der Waals surface area contributed by atoms with E-state index in [-0.39, 0.29) is 18.5 Å². The topological polar surface area (TPSA) is 81.6 Å². The molecule has 0 saturated heterocycles. The van der Waals surface area contributed by atoms with Crippen LogP contribution in [0.3, 0.4) is 0 Å². The number of primary amides is 1. The smallest absolute Gasteiger partial charge is 0.231 e. The van der Waals surface area contributed by atoms with E-state index in [0.717, 1.165) is 17.7 Å². The second-order valence-corrected chi connectivity index (χ2v) is 4.74. The van der Waals surface area contributed by atoms with Gasteiger partial charge >= 0.3 is 0 Å². The first kappa shape index (κ1) is 15.5. The van der Waals surface area contributed by atoms with Crippen LogP contribution in [-0.4, -0.2) is 37.1 Å². The molecule has 1 unspecified atom stereocenters. The first-order valence-corrected chi connectivity index (χ1v) is 6.38. The third kappa shape index (κ3) is 5.72. The molecule has 1 amide bonds. The standard InChI is InChI=1S/C14H23N3O2/c1-11(7-8-19-2)17(10-14(16)18)9-12-3-5-13(15)6-4-12/h3-6,11H,7-10,15H2,1-2H3,(H2,16,18). The van der Waals surface area contributed by atoms with Gasteiger partial charge in [0.15, 0.2) is 0 Å². The minimum Gasteiger partial charge on any atom is -0.399 e. The van der Waals surface area contributed by atoms with Gasteiger partial charge in [0.2, 0.25) is 5.91 Å². The monoisotopic (exact) mass is 265 g/mol. The van der Waals surface area contributed by atoms with Crippen LogP contribution in [0, 0.1) is 0 Å². The highest BCUT2D eigenvalue weighted by Gasteiger charge is 2.16. The molecule has 1 rings (SSSR count). The summed E-state index contributed by atoms with van der Waals surface area (Å²) >= 11 is 0. The molecule has 0 bridgehead atoms. The van der Waals surface area contributed by atoms with Crippen LogP contribution in [0.4, 0.5) is 5.69 Å². The summed E-state index contributed by atoms with van der Waals surface area (Å²) in [6.07, 6.45) is 0.860. The third-order valence-corrected chi connectivity index (χ3v) is 3.09. The van der Waals surface area contributed by atoms with E-state index in [4.69, 9.17) is 16.2 Å². The summed E-state index contributed by atoms with van der Waals surface area (Å²) in [5.41, 5.74) is 12.8. The number of nitrogens with zero attached hydrogens (tertiary/aromatic N) is 1. The fraction of sp³-hybridized carbons (Fsp3) is 0.500. The van der Waals surface area contributed by atoms with Crippen molar-refractivity contribution in [1.82, 2.24) is 4.90 Å². The van der Waals surface area contributed by atoms with Crippen LogP contribution in [0.5, 0.6) is 0 Å². The first-order valence-electron chi connectivity index (χ1n) is 6.38. The molecule has 5 heteroatoms. The van der Waals surface area contributed by atoms with Gasteiger partial charge in [-0.2, -0.15) is 0 Å². The molecular weight excluding hydrogens is 242 g/mol. The summed E-state index contributed by atoms with van der Waals surface area (Å²) in [6, 6.07) is 7.87. The van der Waals surface area contributed by atoms with E-state index in [0.29, 0.717) is 13.2 Å². The van der Waals surface area contributed by atoms with Crippen molar-refractivity contribution in [1.29, 1.82) is 0 Å². The van der Waals surface area contributed by atoms with Gasteiger partial charge in [-0.3, -0.25) is 9.69 Å². The predicted molar refractivity (Wildman–Crippen MR) is 76.4 cm³/mol. The number of hydrogen-bond acceptors (Lipinski definition) is 4. The van der Waals surface area contributed by atoms with Gasteiger partial charge in [0.1, 0.15) is 0 Å². The fourth-order valence-electron chi connectivity index (χ4n) is 1.90. The zero-order chi connectivity index (χ0) is 14.3. The molecule has 0 fully saturated rings. The Morgan fingerprint density at radius 3 is 2.53 bits per heavy atom. The Hall–Kier alpha value is -1.59. The average molecular weight is 265 g/mol. The molecule has 5 nitrogen and oxygen atoms in total. The lowest BCUT2D eigenvalue weighted by Gasteiger charge is -2.27. The van der Waals surface area contributed by atoms with Crippen molar-refractivity contribution in [3.8, 4) is 0 Å². The van der Waals surface area contributed by atoms with Crippen molar-refractivity contribution in [2.24, 2.45) is 5.73 Å². The number of hydrogen-bond donors (Lipinski definition) is 2. The Morgan fingerprint density at radius 1 is 1.37 bits per heavy atom. The number of nitrogens with two attached hydrogens (primary N) is 2. The number of nitrogen functional groups attached to an aromatic ring is 1. The molecule has 1 aromatic carbocycles. The van der Waals surface area contributed by atoms with Gasteiger partial charge < -0.3 is 16.2 Å². The molecule has 0 aromatic heterocycles. The Bertz CT molecular complexity index is 392. The van der Waals surface area contributed by atoms with Gasteiger partial charge in [-0.05, 0) is 31.0 Å². The van der Waals surface area contributed by atoms with Crippen molar-refractivity contribution in [3.05, 3.63) is 29.8 Å². The number of rotatable bonds is 8. The van der Waals surface area contributed by atoms with Crippen LogP contribution in [0.2, 0.25) is 0 Å². The molecule has 0 aliphatic carbocycles. The molecule has 0 radical (unpaired) electrons. The maximum atomic E-state index is 11.2. The molecule has 1 atom stereocenters. The van der Waals surface area contributed by atoms with Crippen LogP contribution in [0.25, 0.3) is 0 Å². The molecule has 1 aromatic rings. The lowest BCUT2D eigenvalue weighted by atomic mass is 10.1.